The quantitative estimate of drug-likeness (QED) is 0.544. The summed E-state index contributed by atoms with van der Waals surface area (Å²) in [4.78, 5) is 28.2. The van der Waals surface area contributed by atoms with E-state index in [4.69, 9.17) is 4.74 Å². The minimum atomic E-state index is -4.54. The van der Waals surface area contributed by atoms with Crippen molar-refractivity contribution in [3.63, 3.8) is 0 Å². The largest absolute Gasteiger partial charge is 0.494 e. The monoisotopic (exact) mass is 457 g/mol. The molecule has 4 nitrogen and oxygen atoms in total. The second-order valence-electron chi connectivity index (χ2n) is 9.31. The number of amides is 1. The zero-order chi connectivity index (χ0) is 24.0. The smallest absolute Gasteiger partial charge is 0.416 e. The summed E-state index contributed by atoms with van der Waals surface area (Å²) < 4.78 is 45.9. The van der Waals surface area contributed by atoms with Crippen LogP contribution >= 0.6 is 0 Å². The number of anilines is 1. The maximum Gasteiger partial charge on any atom is 0.416 e. The Balaban J connectivity index is 1.90. The molecule has 2 aromatic carbocycles. The number of hydrogen-bond acceptors (Lipinski definition) is 3. The first kappa shape index (κ1) is 23.1. The molecule has 0 radical (unpaired) electrons. The summed E-state index contributed by atoms with van der Waals surface area (Å²) in [5.41, 5.74) is 0.611. The van der Waals surface area contributed by atoms with Crippen LogP contribution in [0.3, 0.4) is 0 Å². The lowest BCUT2D eigenvalue weighted by atomic mass is 9.69. The van der Waals surface area contributed by atoms with Crippen molar-refractivity contribution in [1.82, 2.24) is 0 Å². The first-order chi connectivity index (χ1) is 15.5. The molecule has 1 heterocycles. The third-order valence-corrected chi connectivity index (χ3v) is 6.17. The van der Waals surface area contributed by atoms with Gasteiger partial charge in [0.05, 0.1) is 12.2 Å². The van der Waals surface area contributed by atoms with Crippen LogP contribution in [0.4, 0.5) is 18.9 Å². The van der Waals surface area contributed by atoms with Crippen molar-refractivity contribution in [2.75, 3.05) is 11.5 Å². The first-order valence-electron chi connectivity index (χ1n) is 11.0. The summed E-state index contributed by atoms with van der Waals surface area (Å²) in [5.74, 6) is -0.312. The Morgan fingerprint density at radius 2 is 1.79 bits per heavy atom. The van der Waals surface area contributed by atoms with Crippen LogP contribution in [0.25, 0.3) is 0 Å². The Hall–Kier alpha value is -3.09. The summed E-state index contributed by atoms with van der Waals surface area (Å²) in [6, 6.07) is 12.0. The van der Waals surface area contributed by atoms with Gasteiger partial charge in [0.2, 0.25) is 5.91 Å². The zero-order valence-electron chi connectivity index (χ0n) is 18.8. The third-order valence-electron chi connectivity index (χ3n) is 6.17. The molecule has 0 spiro atoms. The average Bonchev–Trinajstić information content (AvgIpc) is 2.72. The van der Waals surface area contributed by atoms with Gasteiger partial charge in [0, 0.05) is 41.3 Å². The average molecular weight is 457 g/mol. The van der Waals surface area contributed by atoms with Crippen molar-refractivity contribution < 1.29 is 27.5 Å². The number of ether oxygens (including phenoxy) is 1. The molecule has 1 atom stereocenters. The van der Waals surface area contributed by atoms with E-state index in [0.29, 0.717) is 36.5 Å². The lowest BCUT2D eigenvalue weighted by Gasteiger charge is -2.43. The van der Waals surface area contributed by atoms with Crippen LogP contribution < -0.4 is 9.64 Å². The minimum absolute atomic E-state index is 0.0225. The second-order valence-corrected chi connectivity index (χ2v) is 9.31. The molecule has 1 amide bonds. The molecular formula is C26H26F3NO3. The summed E-state index contributed by atoms with van der Waals surface area (Å²) in [6.07, 6.45) is -3.84. The molecule has 4 rings (SSSR count). The molecule has 0 bridgehead atoms. The molecule has 0 saturated heterocycles. The Labute approximate surface area is 191 Å². The van der Waals surface area contributed by atoms with E-state index >= 15 is 0 Å². The van der Waals surface area contributed by atoms with Crippen molar-refractivity contribution >= 4 is 17.4 Å². The number of alkyl halides is 3. The minimum Gasteiger partial charge on any atom is -0.494 e. The molecule has 174 valence electrons. The molecule has 0 aromatic heterocycles. The summed E-state index contributed by atoms with van der Waals surface area (Å²) in [7, 11) is 0. The number of rotatable bonds is 4. The van der Waals surface area contributed by atoms with Crippen molar-refractivity contribution in [2.45, 2.75) is 52.1 Å². The van der Waals surface area contributed by atoms with Gasteiger partial charge in [-0.1, -0.05) is 38.1 Å². The molecule has 2 aliphatic rings. The van der Waals surface area contributed by atoms with E-state index in [-0.39, 0.29) is 23.8 Å². The number of benzene rings is 2. The number of Topliss-reactive ketones (excluding diaryl/α,β-unsaturated/α-hetero) is 1. The SMILES string of the molecule is CCOc1ccccc1C1CC(=O)N(c2cccc(C(F)(F)F)c2)C2=C1C(=O)CC(C)(C)C2. The highest BCUT2D eigenvalue weighted by Gasteiger charge is 2.45. The fourth-order valence-corrected chi connectivity index (χ4v) is 4.86. The predicted molar refractivity (Wildman–Crippen MR) is 119 cm³/mol. The van der Waals surface area contributed by atoms with Crippen molar-refractivity contribution in [2.24, 2.45) is 5.41 Å². The van der Waals surface area contributed by atoms with E-state index in [1.165, 1.54) is 17.0 Å². The molecular weight excluding hydrogens is 431 g/mol. The van der Waals surface area contributed by atoms with Gasteiger partial charge in [0.15, 0.2) is 5.78 Å². The number of allylic oxidation sites excluding steroid dienone is 2. The fraction of sp³-hybridized carbons (Fsp3) is 0.385. The van der Waals surface area contributed by atoms with Crippen molar-refractivity contribution in [3.05, 3.63) is 70.9 Å². The van der Waals surface area contributed by atoms with Gasteiger partial charge in [-0.2, -0.15) is 13.2 Å². The van der Waals surface area contributed by atoms with Crippen LogP contribution in [0, 0.1) is 5.41 Å². The lowest BCUT2D eigenvalue weighted by Crippen LogP contribution is -2.43. The Morgan fingerprint density at radius 1 is 1.06 bits per heavy atom. The molecule has 0 saturated carbocycles. The summed E-state index contributed by atoms with van der Waals surface area (Å²) >= 11 is 0. The molecule has 1 aliphatic heterocycles. The second kappa shape index (κ2) is 8.36. The Kier molecular flexibility index (Phi) is 5.85. The maximum absolute atomic E-state index is 13.4. The lowest BCUT2D eigenvalue weighted by molar-refractivity contribution is -0.137. The van der Waals surface area contributed by atoms with Gasteiger partial charge in [-0.05, 0) is 43.0 Å². The molecule has 1 aliphatic carbocycles. The van der Waals surface area contributed by atoms with Gasteiger partial charge in [-0.3, -0.25) is 14.5 Å². The highest BCUT2D eigenvalue weighted by Crippen LogP contribution is 2.49. The Bertz CT molecular complexity index is 1130. The summed E-state index contributed by atoms with van der Waals surface area (Å²) in [6.45, 7) is 6.15. The highest BCUT2D eigenvalue weighted by molar-refractivity contribution is 6.08. The molecule has 0 N–H and O–H groups in total. The normalized spacial score (nSPS) is 20.7. The van der Waals surface area contributed by atoms with Crippen molar-refractivity contribution in [1.29, 1.82) is 0 Å². The van der Waals surface area contributed by atoms with E-state index in [9.17, 15) is 22.8 Å². The van der Waals surface area contributed by atoms with Gasteiger partial charge < -0.3 is 4.74 Å². The summed E-state index contributed by atoms with van der Waals surface area (Å²) in [5, 5.41) is 0. The Morgan fingerprint density at radius 3 is 2.48 bits per heavy atom. The van der Waals surface area contributed by atoms with Gasteiger partial charge in [-0.25, -0.2) is 0 Å². The van der Waals surface area contributed by atoms with E-state index in [1.54, 1.807) is 6.07 Å². The van der Waals surface area contributed by atoms with Crippen LogP contribution in [-0.2, 0) is 15.8 Å². The number of para-hydroxylation sites is 1. The van der Waals surface area contributed by atoms with Gasteiger partial charge >= 0.3 is 6.18 Å². The van der Waals surface area contributed by atoms with Crippen LogP contribution in [0.15, 0.2) is 59.8 Å². The standard InChI is InChI=1S/C26H26F3NO3/c1-4-33-22-11-6-5-10-18(22)19-13-23(32)30(17-9-7-8-16(12-17)26(27,28)29)20-14-25(2,3)15-21(31)24(19)20/h5-12,19H,4,13-15H2,1-3H3. The maximum atomic E-state index is 13.4. The number of carbonyl (C=O) groups excluding carboxylic acids is 2. The molecule has 0 fully saturated rings. The van der Waals surface area contributed by atoms with Crippen molar-refractivity contribution in [3.8, 4) is 5.75 Å². The van der Waals surface area contributed by atoms with E-state index < -0.39 is 23.1 Å². The topological polar surface area (TPSA) is 46.6 Å². The molecule has 1 unspecified atom stereocenters. The number of hydrogen-bond donors (Lipinski definition) is 0. The van der Waals surface area contributed by atoms with Crippen LogP contribution in [0.2, 0.25) is 0 Å². The van der Waals surface area contributed by atoms with Gasteiger partial charge in [0.25, 0.3) is 0 Å². The highest BCUT2D eigenvalue weighted by atomic mass is 19.4. The van der Waals surface area contributed by atoms with E-state index in [1.807, 2.05) is 39.0 Å². The third kappa shape index (κ3) is 4.41. The van der Waals surface area contributed by atoms with Gasteiger partial charge in [-0.15, -0.1) is 0 Å². The van der Waals surface area contributed by atoms with Crippen LogP contribution in [-0.4, -0.2) is 18.3 Å². The molecule has 2 aromatic rings. The zero-order valence-corrected chi connectivity index (χ0v) is 18.8. The number of carbonyl (C=O) groups is 2. The first-order valence-corrected chi connectivity index (χ1v) is 11.0. The van der Waals surface area contributed by atoms with Crippen LogP contribution in [0.5, 0.6) is 5.75 Å². The number of ketones is 1. The predicted octanol–water partition coefficient (Wildman–Crippen LogP) is 6.27. The number of nitrogens with zero attached hydrogens (tertiary/aromatic N) is 1. The van der Waals surface area contributed by atoms with E-state index in [0.717, 1.165) is 17.7 Å². The van der Waals surface area contributed by atoms with E-state index in [2.05, 4.69) is 0 Å². The number of halogens is 3. The van der Waals surface area contributed by atoms with Gasteiger partial charge in [0.1, 0.15) is 5.75 Å². The molecule has 7 heteroatoms. The fourth-order valence-electron chi connectivity index (χ4n) is 4.86. The molecule has 33 heavy (non-hydrogen) atoms. The van der Waals surface area contributed by atoms with Crippen LogP contribution in [0.1, 0.15) is 57.1 Å².